The molecule has 0 spiro atoms. The van der Waals surface area contributed by atoms with Crippen LogP contribution in [0.3, 0.4) is 0 Å². The first-order chi connectivity index (χ1) is 17.5. The minimum atomic E-state index is -3.62. The molecule has 2 aromatic carbocycles. The molecule has 0 aliphatic rings. The lowest BCUT2D eigenvalue weighted by molar-refractivity contribution is -0.140. The number of carbonyl (C=O) groups excluding carboxylic acids is 2. The van der Waals surface area contributed by atoms with E-state index in [0.717, 1.165) is 22.7 Å². The lowest BCUT2D eigenvalue weighted by Crippen LogP contribution is -2.49. The van der Waals surface area contributed by atoms with Gasteiger partial charge in [0.05, 0.1) is 18.6 Å². The molecule has 37 heavy (non-hydrogen) atoms. The summed E-state index contributed by atoms with van der Waals surface area (Å²) in [6.07, 6.45) is 2.28. The second-order valence-corrected chi connectivity index (χ2v) is 11.8. The van der Waals surface area contributed by atoms with Crippen LogP contribution in [0.5, 0.6) is 5.75 Å². The second-order valence-electron chi connectivity index (χ2n) is 8.98. The number of para-hydroxylation sites is 2. The van der Waals surface area contributed by atoms with Gasteiger partial charge in [0.25, 0.3) is 0 Å². The minimum absolute atomic E-state index is 0.00787. The van der Waals surface area contributed by atoms with E-state index in [1.54, 1.807) is 36.1 Å². The van der Waals surface area contributed by atoms with Crippen LogP contribution in [-0.2, 0) is 26.2 Å². The molecule has 204 valence electrons. The van der Waals surface area contributed by atoms with Gasteiger partial charge in [0.1, 0.15) is 11.8 Å². The maximum atomic E-state index is 13.4. The summed E-state index contributed by atoms with van der Waals surface area (Å²) in [6, 6.07) is 13.8. The summed E-state index contributed by atoms with van der Waals surface area (Å²) in [5.41, 5.74) is 1.32. The van der Waals surface area contributed by atoms with Crippen molar-refractivity contribution in [3.8, 4) is 5.75 Å². The number of nitrogens with one attached hydrogen (secondary N) is 1. The van der Waals surface area contributed by atoms with Crippen molar-refractivity contribution in [2.45, 2.75) is 65.6 Å². The third kappa shape index (κ3) is 9.34. The van der Waals surface area contributed by atoms with Crippen LogP contribution >= 0.6 is 15.9 Å². The molecular weight excluding hydrogens is 558 g/mol. The van der Waals surface area contributed by atoms with Crippen molar-refractivity contribution >= 4 is 43.5 Å². The van der Waals surface area contributed by atoms with E-state index in [9.17, 15) is 18.0 Å². The van der Waals surface area contributed by atoms with E-state index in [1.165, 1.54) is 4.31 Å². The van der Waals surface area contributed by atoms with Crippen LogP contribution in [0, 0.1) is 0 Å². The molecule has 0 radical (unpaired) electrons. The Labute approximate surface area is 229 Å². The Morgan fingerprint density at radius 2 is 1.78 bits per heavy atom. The average molecular weight is 597 g/mol. The smallest absolute Gasteiger partial charge is 0.242 e. The van der Waals surface area contributed by atoms with Crippen LogP contribution in [0.25, 0.3) is 0 Å². The Balaban J connectivity index is 2.21. The molecule has 0 saturated carbocycles. The van der Waals surface area contributed by atoms with Crippen molar-refractivity contribution in [3.05, 3.63) is 58.6 Å². The lowest BCUT2D eigenvalue weighted by Gasteiger charge is -2.30. The Morgan fingerprint density at radius 3 is 2.41 bits per heavy atom. The molecule has 0 fully saturated rings. The van der Waals surface area contributed by atoms with Gasteiger partial charge < -0.3 is 15.0 Å². The maximum Gasteiger partial charge on any atom is 0.242 e. The number of halogens is 1. The van der Waals surface area contributed by atoms with Gasteiger partial charge in [-0.15, -0.1) is 0 Å². The van der Waals surface area contributed by atoms with Gasteiger partial charge in [-0.25, -0.2) is 8.42 Å². The molecule has 2 amide bonds. The van der Waals surface area contributed by atoms with E-state index in [4.69, 9.17) is 4.74 Å². The van der Waals surface area contributed by atoms with E-state index < -0.39 is 16.1 Å². The Morgan fingerprint density at radius 1 is 1.08 bits per heavy atom. The highest BCUT2D eigenvalue weighted by molar-refractivity contribution is 9.10. The highest BCUT2D eigenvalue weighted by Gasteiger charge is 2.27. The molecule has 2 aromatic rings. The summed E-state index contributed by atoms with van der Waals surface area (Å²) in [6.45, 7) is 8.22. The van der Waals surface area contributed by atoms with Gasteiger partial charge in [-0.3, -0.25) is 13.9 Å². The highest BCUT2D eigenvalue weighted by atomic mass is 79.9. The zero-order valence-corrected chi connectivity index (χ0v) is 24.6. The molecule has 0 aromatic heterocycles. The van der Waals surface area contributed by atoms with Crippen molar-refractivity contribution < 1.29 is 22.7 Å². The molecule has 2 unspecified atom stereocenters. The van der Waals surface area contributed by atoms with E-state index in [0.29, 0.717) is 18.0 Å². The topological polar surface area (TPSA) is 96.0 Å². The van der Waals surface area contributed by atoms with Gasteiger partial charge in [0.2, 0.25) is 21.8 Å². The van der Waals surface area contributed by atoms with Gasteiger partial charge in [-0.1, -0.05) is 47.1 Å². The molecule has 0 heterocycles. The molecule has 10 heteroatoms. The third-order valence-electron chi connectivity index (χ3n) is 6.00. The summed E-state index contributed by atoms with van der Waals surface area (Å²) in [5, 5.41) is 2.95. The van der Waals surface area contributed by atoms with Gasteiger partial charge in [-0.2, -0.15) is 0 Å². The number of ether oxygens (including phenoxy) is 1. The van der Waals surface area contributed by atoms with E-state index in [2.05, 4.69) is 21.2 Å². The van der Waals surface area contributed by atoms with Gasteiger partial charge in [-0.05, 0) is 63.4 Å². The number of benzene rings is 2. The van der Waals surface area contributed by atoms with Crippen molar-refractivity contribution in [1.29, 1.82) is 0 Å². The predicted molar refractivity (Wildman–Crippen MR) is 151 cm³/mol. The number of carbonyl (C=O) groups is 2. The van der Waals surface area contributed by atoms with Crippen LogP contribution < -0.4 is 14.4 Å². The van der Waals surface area contributed by atoms with Crippen LogP contribution in [0.1, 0.15) is 52.5 Å². The summed E-state index contributed by atoms with van der Waals surface area (Å²) in [7, 11) is -3.62. The first-order valence-corrected chi connectivity index (χ1v) is 15.2. The van der Waals surface area contributed by atoms with E-state index in [-0.39, 0.29) is 43.8 Å². The van der Waals surface area contributed by atoms with Crippen LogP contribution in [0.2, 0.25) is 0 Å². The summed E-state index contributed by atoms with van der Waals surface area (Å²) < 4.78 is 33.0. The molecule has 1 N–H and O–H groups in total. The third-order valence-corrected chi connectivity index (χ3v) is 7.67. The number of amides is 2. The summed E-state index contributed by atoms with van der Waals surface area (Å²) in [4.78, 5) is 27.9. The van der Waals surface area contributed by atoms with Crippen molar-refractivity contribution in [2.75, 3.05) is 23.7 Å². The zero-order chi connectivity index (χ0) is 27.6. The van der Waals surface area contributed by atoms with E-state index in [1.807, 2.05) is 45.0 Å². The first kappa shape index (κ1) is 30.6. The Hall–Kier alpha value is -2.59. The highest BCUT2D eigenvalue weighted by Crippen LogP contribution is 2.30. The number of sulfonamides is 1. The zero-order valence-electron chi connectivity index (χ0n) is 22.2. The quantitative estimate of drug-likeness (QED) is 0.341. The van der Waals surface area contributed by atoms with Crippen molar-refractivity contribution in [1.82, 2.24) is 10.2 Å². The van der Waals surface area contributed by atoms with Crippen molar-refractivity contribution in [2.24, 2.45) is 0 Å². The fourth-order valence-corrected chi connectivity index (χ4v) is 5.22. The number of hydrogen-bond acceptors (Lipinski definition) is 5. The van der Waals surface area contributed by atoms with Crippen molar-refractivity contribution in [3.63, 3.8) is 0 Å². The number of rotatable bonds is 14. The van der Waals surface area contributed by atoms with Crippen LogP contribution in [-0.4, -0.2) is 56.6 Å². The van der Waals surface area contributed by atoms with Crippen LogP contribution in [0.15, 0.2) is 53.0 Å². The first-order valence-electron chi connectivity index (χ1n) is 12.5. The predicted octanol–water partition coefficient (Wildman–Crippen LogP) is 4.73. The Bertz CT molecular complexity index is 1160. The molecule has 8 nitrogen and oxygen atoms in total. The molecule has 0 saturated heterocycles. The second kappa shape index (κ2) is 14.4. The fourth-order valence-electron chi connectivity index (χ4n) is 3.80. The molecule has 0 aliphatic carbocycles. The maximum absolute atomic E-state index is 13.4. The monoisotopic (exact) mass is 595 g/mol. The SMILES string of the molecule is CCOc1ccccc1N(CCCC(=O)N(Cc1cccc(Br)c1)C(C)C(=O)NC(C)CC)S(C)(=O)=O. The standard InChI is InChI=1S/C27H38BrN3O5S/c1-6-20(3)29-27(33)21(4)30(19-22-12-10-13-23(28)18-22)26(32)16-11-17-31(37(5,34)35)24-14-8-9-15-25(24)36-7-2/h8-10,12-15,18,20-21H,6-7,11,16-17,19H2,1-5H3,(H,29,33). The van der Waals surface area contributed by atoms with Gasteiger partial charge in [0.15, 0.2) is 0 Å². The van der Waals surface area contributed by atoms with Gasteiger partial charge in [0, 0.05) is 30.0 Å². The number of anilines is 1. The molecule has 2 rings (SSSR count). The number of nitrogens with zero attached hydrogens (tertiary/aromatic N) is 2. The molecule has 2 atom stereocenters. The largest absolute Gasteiger partial charge is 0.492 e. The molecular formula is C27H38BrN3O5S. The van der Waals surface area contributed by atoms with Crippen LogP contribution in [0.4, 0.5) is 5.69 Å². The lowest BCUT2D eigenvalue weighted by atomic mass is 10.1. The fraction of sp³-hybridized carbons (Fsp3) is 0.481. The summed E-state index contributed by atoms with van der Waals surface area (Å²) in [5.74, 6) is 0.0211. The Kier molecular flexibility index (Phi) is 11.9. The normalized spacial score (nSPS) is 12.9. The van der Waals surface area contributed by atoms with E-state index >= 15 is 0 Å². The molecule has 0 aliphatic heterocycles. The molecule has 0 bridgehead atoms. The average Bonchev–Trinajstić information content (AvgIpc) is 2.84. The summed E-state index contributed by atoms with van der Waals surface area (Å²) >= 11 is 3.46. The number of hydrogen-bond donors (Lipinski definition) is 1. The van der Waals surface area contributed by atoms with Gasteiger partial charge >= 0.3 is 0 Å². The minimum Gasteiger partial charge on any atom is -0.492 e.